The summed E-state index contributed by atoms with van der Waals surface area (Å²) in [6, 6.07) is 10.6. The zero-order valence-corrected chi connectivity index (χ0v) is 12.5. The van der Waals surface area contributed by atoms with Gasteiger partial charge in [0.2, 0.25) is 0 Å². The van der Waals surface area contributed by atoms with E-state index in [4.69, 9.17) is 4.74 Å². The lowest BCUT2D eigenvalue weighted by Gasteiger charge is -2.18. The van der Waals surface area contributed by atoms with Gasteiger partial charge in [-0.1, -0.05) is 19.1 Å². The van der Waals surface area contributed by atoms with Gasteiger partial charge in [0.1, 0.15) is 5.75 Å². The van der Waals surface area contributed by atoms with Crippen molar-refractivity contribution in [1.82, 2.24) is 15.1 Å². The highest BCUT2D eigenvalue weighted by Gasteiger charge is 2.13. The molecule has 0 spiro atoms. The van der Waals surface area contributed by atoms with Gasteiger partial charge in [0, 0.05) is 25.7 Å². The molecule has 1 atom stereocenters. The molecule has 0 bridgehead atoms. The molecule has 20 heavy (non-hydrogen) atoms. The number of nitrogens with zero attached hydrogens (tertiary/aromatic N) is 2. The lowest BCUT2D eigenvalue weighted by molar-refractivity contribution is 0.412. The molecule has 0 saturated heterocycles. The van der Waals surface area contributed by atoms with Gasteiger partial charge in [-0.15, -0.1) is 0 Å². The van der Waals surface area contributed by atoms with Crippen molar-refractivity contribution >= 4 is 0 Å². The summed E-state index contributed by atoms with van der Waals surface area (Å²) in [5.74, 6) is 0.895. The average Bonchev–Trinajstić information content (AvgIpc) is 2.88. The third-order valence-electron chi connectivity index (χ3n) is 3.32. The predicted molar refractivity (Wildman–Crippen MR) is 80.9 cm³/mol. The molecule has 108 valence electrons. The quantitative estimate of drug-likeness (QED) is 0.843. The van der Waals surface area contributed by atoms with Gasteiger partial charge < -0.3 is 10.1 Å². The minimum Gasteiger partial charge on any atom is -0.497 e. The van der Waals surface area contributed by atoms with Crippen LogP contribution in [0.3, 0.4) is 0 Å². The molecule has 0 aliphatic rings. The van der Waals surface area contributed by atoms with Gasteiger partial charge in [-0.3, -0.25) is 4.68 Å². The molecule has 0 fully saturated rings. The Hall–Kier alpha value is -1.81. The van der Waals surface area contributed by atoms with Crippen LogP contribution in [-0.4, -0.2) is 23.4 Å². The Bertz CT molecular complexity index is 536. The number of nitrogens with one attached hydrogen (secondary N) is 1. The Balaban J connectivity index is 2.17. The molecule has 1 aromatic heterocycles. The fourth-order valence-electron chi connectivity index (χ4n) is 2.27. The van der Waals surface area contributed by atoms with E-state index in [1.807, 2.05) is 30.1 Å². The smallest absolute Gasteiger partial charge is 0.119 e. The van der Waals surface area contributed by atoms with Gasteiger partial charge in [-0.05, 0) is 36.7 Å². The summed E-state index contributed by atoms with van der Waals surface area (Å²) in [7, 11) is 3.65. The first-order valence-corrected chi connectivity index (χ1v) is 7.08. The summed E-state index contributed by atoms with van der Waals surface area (Å²) >= 11 is 0. The van der Waals surface area contributed by atoms with Gasteiger partial charge in [-0.25, -0.2) is 0 Å². The molecule has 1 heterocycles. The Morgan fingerprint density at radius 2 is 2.20 bits per heavy atom. The van der Waals surface area contributed by atoms with Crippen LogP contribution in [0.2, 0.25) is 0 Å². The van der Waals surface area contributed by atoms with E-state index in [0.29, 0.717) is 0 Å². The van der Waals surface area contributed by atoms with E-state index < -0.39 is 0 Å². The topological polar surface area (TPSA) is 39.1 Å². The Labute approximate surface area is 120 Å². The molecule has 4 nitrogen and oxygen atoms in total. The van der Waals surface area contributed by atoms with Gasteiger partial charge in [-0.2, -0.15) is 5.10 Å². The Morgan fingerprint density at radius 3 is 2.85 bits per heavy atom. The number of aromatic nitrogens is 2. The van der Waals surface area contributed by atoms with Crippen LogP contribution in [0, 0.1) is 0 Å². The van der Waals surface area contributed by atoms with Crippen LogP contribution in [-0.2, 0) is 13.5 Å². The molecule has 2 rings (SSSR count). The third-order valence-corrected chi connectivity index (χ3v) is 3.32. The largest absolute Gasteiger partial charge is 0.497 e. The van der Waals surface area contributed by atoms with Crippen LogP contribution < -0.4 is 10.1 Å². The lowest BCUT2D eigenvalue weighted by Crippen LogP contribution is -2.24. The van der Waals surface area contributed by atoms with Crippen molar-refractivity contribution < 1.29 is 4.74 Å². The molecular formula is C16H23N3O. The van der Waals surface area contributed by atoms with E-state index in [1.165, 1.54) is 5.56 Å². The SMILES string of the molecule is CCCNC(Cc1ccn(C)n1)c1cccc(OC)c1. The fourth-order valence-corrected chi connectivity index (χ4v) is 2.27. The summed E-state index contributed by atoms with van der Waals surface area (Å²) in [5, 5.41) is 8.06. The van der Waals surface area contributed by atoms with Crippen LogP contribution in [0.1, 0.15) is 30.6 Å². The minimum atomic E-state index is 0.264. The number of aryl methyl sites for hydroxylation is 1. The molecule has 0 radical (unpaired) electrons. The third kappa shape index (κ3) is 3.84. The van der Waals surface area contributed by atoms with Gasteiger partial charge in [0.25, 0.3) is 0 Å². The van der Waals surface area contributed by atoms with Crippen LogP contribution in [0.15, 0.2) is 36.5 Å². The number of benzene rings is 1. The van der Waals surface area contributed by atoms with Crippen molar-refractivity contribution in [2.24, 2.45) is 7.05 Å². The zero-order chi connectivity index (χ0) is 14.4. The Morgan fingerprint density at radius 1 is 1.35 bits per heavy atom. The van der Waals surface area contributed by atoms with E-state index >= 15 is 0 Å². The maximum Gasteiger partial charge on any atom is 0.119 e. The number of rotatable bonds is 7. The molecule has 0 amide bonds. The zero-order valence-electron chi connectivity index (χ0n) is 12.5. The van der Waals surface area contributed by atoms with Crippen molar-refractivity contribution in [2.75, 3.05) is 13.7 Å². The van der Waals surface area contributed by atoms with Crippen molar-refractivity contribution in [3.63, 3.8) is 0 Å². The summed E-state index contributed by atoms with van der Waals surface area (Å²) in [4.78, 5) is 0. The molecule has 1 unspecified atom stereocenters. The summed E-state index contributed by atoms with van der Waals surface area (Å²) in [6.07, 6.45) is 3.98. The summed E-state index contributed by atoms with van der Waals surface area (Å²) in [5.41, 5.74) is 2.34. The number of methoxy groups -OCH3 is 1. The molecule has 4 heteroatoms. The van der Waals surface area contributed by atoms with Crippen molar-refractivity contribution in [3.05, 3.63) is 47.8 Å². The van der Waals surface area contributed by atoms with Crippen LogP contribution in [0.25, 0.3) is 0 Å². The predicted octanol–water partition coefficient (Wildman–Crippen LogP) is 2.71. The maximum atomic E-state index is 5.32. The molecular weight excluding hydrogens is 250 g/mol. The van der Waals surface area contributed by atoms with Crippen LogP contribution >= 0.6 is 0 Å². The van der Waals surface area contributed by atoms with E-state index in [1.54, 1.807) is 7.11 Å². The lowest BCUT2D eigenvalue weighted by atomic mass is 10.0. The normalized spacial score (nSPS) is 12.3. The van der Waals surface area contributed by atoms with E-state index in [-0.39, 0.29) is 6.04 Å². The number of hydrogen-bond acceptors (Lipinski definition) is 3. The van der Waals surface area contributed by atoms with Crippen LogP contribution in [0.4, 0.5) is 0 Å². The number of ether oxygens (including phenoxy) is 1. The highest BCUT2D eigenvalue weighted by Crippen LogP contribution is 2.22. The molecule has 1 N–H and O–H groups in total. The molecule has 0 aliphatic carbocycles. The van der Waals surface area contributed by atoms with E-state index in [9.17, 15) is 0 Å². The molecule has 2 aromatic rings. The first-order chi connectivity index (χ1) is 9.72. The number of hydrogen-bond donors (Lipinski definition) is 1. The highest BCUT2D eigenvalue weighted by molar-refractivity contribution is 5.31. The second-order valence-corrected chi connectivity index (χ2v) is 4.97. The second-order valence-electron chi connectivity index (χ2n) is 4.97. The maximum absolute atomic E-state index is 5.32. The first-order valence-electron chi connectivity index (χ1n) is 7.08. The van der Waals surface area contributed by atoms with Crippen molar-refractivity contribution in [1.29, 1.82) is 0 Å². The fraction of sp³-hybridized carbons (Fsp3) is 0.438. The second kappa shape index (κ2) is 7.10. The van der Waals surface area contributed by atoms with E-state index in [2.05, 4.69) is 35.5 Å². The Kier molecular flexibility index (Phi) is 5.18. The van der Waals surface area contributed by atoms with Gasteiger partial charge in [0.15, 0.2) is 0 Å². The molecule has 1 aromatic carbocycles. The minimum absolute atomic E-state index is 0.264. The van der Waals surface area contributed by atoms with Crippen molar-refractivity contribution in [3.8, 4) is 5.75 Å². The van der Waals surface area contributed by atoms with Crippen LogP contribution in [0.5, 0.6) is 5.75 Å². The average molecular weight is 273 g/mol. The monoisotopic (exact) mass is 273 g/mol. The van der Waals surface area contributed by atoms with Gasteiger partial charge in [0.05, 0.1) is 12.8 Å². The summed E-state index contributed by atoms with van der Waals surface area (Å²) in [6.45, 7) is 3.17. The first kappa shape index (κ1) is 14.6. The standard InChI is InChI=1S/C16H23N3O/c1-4-9-17-16(12-14-8-10-19(2)18-14)13-6-5-7-15(11-13)20-3/h5-8,10-11,16-17H,4,9,12H2,1-3H3. The molecule has 0 saturated carbocycles. The summed E-state index contributed by atoms with van der Waals surface area (Å²) < 4.78 is 7.16. The van der Waals surface area contributed by atoms with Crippen molar-refractivity contribution in [2.45, 2.75) is 25.8 Å². The van der Waals surface area contributed by atoms with E-state index in [0.717, 1.165) is 30.8 Å². The van der Waals surface area contributed by atoms with Gasteiger partial charge >= 0.3 is 0 Å². The molecule has 0 aliphatic heterocycles. The highest BCUT2D eigenvalue weighted by atomic mass is 16.5.